The van der Waals surface area contributed by atoms with E-state index in [1.54, 1.807) is 0 Å². The van der Waals surface area contributed by atoms with Crippen LogP contribution in [0.1, 0.15) is 5.69 Å². The number of pyridine rings is 1. The zero-order valence-electron chi connectivity index (χ0n) is 10.6. The molecule has 0 amide bonds. The van der Waals surface area contributed by atoms with Crippen molar-refractivity contribution in [2.75, 3.05) is 0 Å². The maximum absolute atomic E-state index is 10.7. The minimum Gasteiger partial charge on any atom is -0.545 e. The molecule has 0 saturated carbocycles. The van der Waals surface area contributed by atoms with Gasteiger partial charge in [-0.05, 0) is 24.3 Å². The zero-order valence-corrected chi connectivity index (χ0v) is 10.6. The summed E-state index contributed by atoms with van der Waals surface area (Å²) < 4.78 is 1.85. The molecule has 0 unspecified atom stereocenters. The van der Waals surface area contributed by atoms with Crippen molar-refractivity contribution < 1.29 is 9.90 Å². The highest BCUT2D eigenvalue weighted by atomic mass is 16.4. The van der Waals surface area contributed by atoms with Crippen LogP contribution >= 0.6 is 0 Å². The van der Waals surface area contributed by atoms with Gasteiger partial charge in [0.05, 0.1) is 17.4 Å². The van der Waals surface area contributed by atoms with Crippen LogP contribution in [0.15, 0.2) is 60.8 Å². The lowest BCUT2D eigenvalue weighted by atomic mass is 10.1. The highest BCUT2D eigenvalue weighted by Gasteiger charge is 2.10. The predicted octanol–water partition coefficient (Wildman–Crippen LogP) is 1.76. The first-order valence-corrected chi connectivity index (χ1v) is 6.17. The molecular formula is C16H11N2O2-. The van der Waals surface area contributed by atoms with Crippen LogP contribution in [0.4, 0.5) is 0 Å². The van der Waals surface area contributed by atoms with Gasteiger partial charge in [-0.15, -0.1) is 0 Å². The average Bonchev–Trinajstić information content (AvgIpc) is 2.84. The molecule has 1 aromatic carbocycles. The maximum atomic E-state index is 10.7. The van der Waals surface area contributed by atoms with E-state index in [4.69, 9.17) is 0 Å². The minimum absolute atomic E-state index is 0.719. The van der Waals surface area contributed by atoms with E-state index < -0.39 is 5.97 Å². The van der Waals surface area contributed by atoms with Crippen molar-refractivity contribution in [1.29, 1.82) is 0 Å². The second-order valence-electron chi connectivity index (χ2n) is 4.29. The van der Waals surface area contributed by atoms with Crippen LogP contribution in [0.3, 0.4) is 0 Å². The van der Waals surface area contributed by atoms with E-state index in [2.05, 4.69) is 4.98 Å². The van der Waals surface area contributed by atoms with Gasteiger partial charge in [0.25, 0.3) is 0 Å². The summed E-state index contributed by atoms with van der Waals surface area (Å²) in [5.41, 5.74) is 3.17. The lowest BCUT2D eigenvalue weighted by Crippen LogP contribution is -2.18. The molecule has 0 fully saturated rings. The van der Waals surface area contributed by atoms with Crippen LogP contribution < -0.4 is 5.11 Å². The van der Waals surface area contributed by atoms with Crippen LogP contribution in [-0.2, 0) is 4.79 Å². The molecule has 0 spiro atoms. The Morgan fingerprint density at radius 2 is 1.85 bits per heavy atom. The summed E-state index contributed by atoms with van der Waals surface area (Å²) in [4.78, 5) is 15.2. The molecule has 0 N–H and O–H groups in total. The fourth-order valence-electron chi connectivity index (χ4n) is 2.13. The average molecular weight is 263 g/mol. The number of aromatic nitrogens is 2. The number of nitrogens with zero attached hydrogens (tertiary/aromatic N) is 2. The quantitative estimate of drug-likeness (QED) is 0.677. The van der Waals surface area contributed by atoms with Crippen LogP contribution in [0, 0.1) is 0 Å². The summed E-state index contributed by atoms with van der Waals surface area (Å²) in [7, 11) is 0. The standard InChI is InChI=1S/C16H12N2O2/c19-15(20)10-9-13-16(12-6-2-1-3-7-12)17-14-8-4-5-11-18(13)14/h1-11H,(H,19,20)/p-1/b10-9+. The molecule has 0 aliphatic carbocycles. The van der Waals surface area contributed by atoms with Crippen molar-refractivity contribution >= 4 is 17.7 Å². The highest BCUT2D eigenvalue weighted by Crippen LogP contribution is 2.25. The van der Waals surface area contributed by atoms with Crippen molar-refractivity contribution in [2.24, 2.45) is 0 Å². The van der Waals surface area contributed by atoms with E-state index in [0.29, 0.717) is 0 Å². The van der Waals surface area contributed by atoms with Gasteiger partial charge in [-0.1, -0.05) is 36.4 Å². The number of aliphatic carboxylic acids is 1. The molecular weight excluding hydrogens is 252 g/mol. The molecule has 0 radical (unpaired) electrons. The van der Waals surface area contributed by atoms with Gasteiger partial charge in [0.15, 0.2) is 0 Å². The molecule has 0 aliphatic heterocycles. The number of fused-ring (bicyclic) bond motifs is 1. The van der Waals surface area contributed by atoms with Gasteiger partial charge in [-0.25, -0.2) is 4.98 Å². The lowest BCUT2D eigenvalue weighted by Gasteiger charge is -2.00. The summed E-state index contributed by atoms with van der Waals surface area (Å²) >= 11 is 0. The van der Waals surface area contributed by atoms with Gasteiger partial charge in [0.1, 0.15) is 5.65 Å². The molecule has 4 heteroatoms. The maximum Gasteiger partial charge on any atom is 0.137 e. The van der Waals surface area contributed by atoms with Gasteiger partial charge in [0, 0.05) is 11.8 Å². The molecule has 98 valence electrons. The van der Waals surface area contributed by atoms with E-state index in [1.165, 1.54) is 6.08 Å². The Morgan fingerprint density at radius 1 is 1.10 bits per heavy atom. The van der Waals surface area contributed by atoms with E-state index in [-0.39, 0.29) is 0 Å². The van der Waals surface area contributed by atoms with Crippen LogP contribution in [0.2, 0.25) is 0 Å². The summed E-state index contributed by atoms with van der Waals surface area (Å²) in [6.45, 7) is 0. The first-order chi connectivity index (χ1) is 9.75. The van der Waals surface area contributed by atoms with Crippen LogP contribution in [0.5, 0.6) is 0 Å². The molecule has 2 heterocycles. The first-order valence-electron chi connectivity index (χ1n) is 6.17. The van der Waals surface area contributed by atoms with Crippen LogP contribution in [0.25, 0.3) is 23.0 Å². The minimum atomic E-state index is -1.23. The first kappa shape index (κ1) is 12.2. The predicted molar refractivity (Wildman–Crippen MR) is 74.7 cm³/mol. The number of hydrogen-bond acceptors (Lipinski definition) is 3. The second-order valence-corrected chi connectivity index (χ2v) is 4.29. The Balaban J connectivity index is 2.25. The number of carbonyl (C=O) groups excluding carboxylic acids is 1. The number of rotatable bonds is 3. The molecule has 4 nitrogen and oxygen atoms in total. The SMILES string of the molecule is O=C([O-])/C=C/c1c(-c2ccccc2)nc2ccccn12. The number of imidazole rings is 1. The molecule has 3 aromatic rings. The highest BCUT2D eigenvalue weighted by molar-refractivity contribution is 5.86. The van der Waals surface area contributed by atoms with Crippen molar-refractivity contribution in [1.82, 2.24) is 9.38 Å². The summed E-state index contributed by atoms with van der Waals surface area (Å²) in [6.07, 6.45) is 4.38. The smallest absolute Gasteiger partial charge is 0.137 e. The van der Waals surface area contributed by atoms with Crippen molar-refractivity contribution in [3.63, 3.8) is 0 Å². The third-order valence-corrected chi connectivity index (χ3v) is 2.99. The van der Waals surface area contributed by atoms with Crippen molar-refractivity contribution in [2.45, 2.75) is 0 Å². The molecule has 0 aliphatic rings. The summed E-state index contributed by atoms with van der Waals surface area (Å²) in [5, 5.41) is 10.7. The van der Waals surface area contributed by atoms with E-state index in [1.807, 2.05) is 59.1 Å². The van der Waals surface area contributed by atoms with Crippen molar-refractivity contribution in [3.05, 3.63) is 66.5 Å². The number of carbonyl (C=O) groups is 1. The summed E-state index contributed by atoms with van der Waals surface area (Å²) in [5.74, 6) is -1.23. The van der Waals surface area contributed by atoms with Gasteiger partial charge in [-0.3, -0.25) is 4.40 Å². The Bertz CT molecular complexity index is 789. The lowest BCUT2D eigenvalue weighted by molar-refractivity contribution is -0.297. The number of benzene rings is 1. The Morgan fingerprint density at radius 3 is 2.60 bits per heavy atom. The molecule has 0 atom stereocenters. The third kappa shape index (κ3) is 2.19. The Kier molecular flexibility index (Phi) is 3.05. The fourth-order valence-corrected chi connectivity index (χ4v) is 2.13. The summed E-state index contributed by atoms with van der Waals surface area (Å²) in [6, 6.07) is 15.3. The van der Waals surface area contributed by atoms with Gasteiger partial charge in [-0.2, -0.15) is 0 Å². The van der Waals surface area contributed by atoms with E-state index >= 15 is 0 Å². The number of carboxylic acids is 1. The van der Waals surface area contributed by atoms with E-state index in [9.17, 15) is 9.90 Å². The number of carboxylic acid groups (broad SMARTS) is 1. The largest absolute Gasteiger partial charge is 0.545 e. The van der Waals surface area contributed by atoms with E-state index in [0.717, 1.165) is 28.7 Å². The normalized spacial score (nSPS) is 11.2. The van der Waals surface area contributed by atoms with Gasteiger partial charge >= 0.3 is 0 Å². The monoisotopic (exact) mass is 263 g/mol. The van der Waals surface area contributed by atoms with Gasteiger partial charge < -0.3 is 9.90 Å². The third-order valence-electron chi connectivity index (χ3n) is 2.99. The zero-order chi connectivity index (χ0) is 13.9. The molecule has 3 rings (SSSR count). The number of hydrogen-bond donors (Lipinski definition) is 0. The van der Waals surface area contributed by atoms with Crippen molar-refractivity contribution in [3.8, 4) is 11.3 Å². The topological polar surface area (TPSA) is 57.4 Å². The molecule has 20 heavy (non-hydrogen) atoms. The Labute approximate surface area is 115 Å². The van der Waals surface area contributed by atoms with Crippen LogP contribution in [-0.4, -0.2) is 15.4 Å². The molecule has 0 saturated heterocycles. The molecule has 0 bridgehead atoms. The van der Waals surface area contributed by atoms with Gasteiger partial charge in [0.2, 0.25) is 0 Å². The molecule has 2 aromatic heterocycles. The Hall–Kier alpha value is -2.88. The second kappa shape index (κ2) is 5.01. The fraction of sp³-hybridized carbons (Fsp3) is 0.